The number of amides is 2. The van der Waals surface area contributed by atoms with E-state index in [4.69, 9.17) is 4.74 Å². The number of benzene rings is 2. The number of para-hydroxylation sites is 2. The number of ether oxygens (including phenoxy) is 1. The zero-order valence-electron chi connectivity index (χ0n) is 18.5. The van der Waals surface area contributed by atoms with Gasteiger partial charge in [0.05, 0.1) is 24.4 Å². The predicted molar refractivity (Wildman–Crippen MR) is 124 cm³/mol. The van der Waals surface area contributed by atoms with Crippen LogP contribution in [0.1, 0.15) is 32.3 Å². The van der Waals surface area contributed by atoms with Crippen LogP contribution in [0.15, 0.2) is 66.4 Å². The SMILES string of the molecule is CCOC(=O)CC1=CC(=O)N(CC(=O)N[C@H](C)CCc2ccccc2)c2ccccc2N1. The number of anilines is 2. The lowest BCUT2D eigenvalue weighted by atomic mass is 10.1. The smallest absolute Gasteiger partial charge is 0.311 e. The zero-order chi connectivity index (χ0) is 22.9. The molecule has 0 spiro atoms. The Bertz CT molecular complexity index is 988. The Balaban J connectivity index is 1.66. The van der Waals surface area contributed by atoms with Gasteiger partial charge in [0.2, 0.25) is 5.91 Å². The molecule has 2 aromatic rings. The highest BCUT2D eigenvalue weighted by atomic mass is 16.5. The first-order chi connectivity index (χ1) is 15.5. The minimum atomic E-state index is -0.421. The van der Waals surface area contributed by atoms with Crippen molar-refractivity contribution in [2.45, 2.75) is 39.2 Å². The molecule has 3 rings (SSSR count). The Morgan fingerprint density at radius 2 is 1.81 bits per heavy atom. The minimum Gasteiger partial charge on any atom is -0.466 e. The van der Waals surface area contributed by atoms with E-state index >= 15 is 0 Å². The highest BCUT2D eigenvalue weighted by molar-refractivity contribution is 6.09. The summed E-state index contributed by atoms with van der Waals surface area (Å²) >= 11 is 0. The van der Waals surface area contributed by atoms with Crippen LogP contribution in [0.3, 0.4) is 0 Å². The molecule has 1 aliphatic heterocycles. The molecule has 1 atom stereocenters. The number of rotatable bonds is 9. The van der Waals surface area contributed by atoms with Crippen LogP contribution in [-0.4, -0.2) is 37.0 Å². The monoisotopic (exact) mass is 435 g/mol. The number of aryl methyl sites for hydroxylation is 1. The second-order valence-electron chi connectivity index (χ2n) is 7.71. The molecule has 0 bridgehead atoms. The van der Waals surface area contributed by atoms with Crippen LogP contribution in [0, 0.1) is 0 Å². The van der Waals surface area contributed by atoms with Gasteiger partial charge in [0, 0.05) is 17.8 Å². The summed E-state index contributed by atoms with van der Waals surface area (Å²) in [6, 6.07) is 17.3. The zero-order valence-corrected chi connectivity index (χ0v) is 18.5. The maximum Gasteiger partial charge on any atom is 0.311 e. The Labute approximate surface area is 188 Å². The molecular weight excluding hydrogens is 406 g/mol. The van der Waals surface area contributed by atoms with Gasteiger partial charge in [-0.3, -0.25) is 19.3 Å². The Morgan fingerprint density at radius 1 is 1.09 bits per heavy atom. The van der Waals surface area contributed by atoms with E-state index in [2.05, 4.69) is 22.8 Å². The lowest BCUT2D eigenvalue weighted by molar-refractivity contribution is -0.142. The number of hydrogen-bond donors (Lipinski definition) is 2. The average Bonchev–Trinajstić information content (AvgIpc) is 2.89. The third-order valence-corrected chi connectivity index (χ3v) is 5.11. The maximum atomic E-state index is 12.9. The van der Waals surface area contributed by atoms with Crippen LogP contribution in [0.4, 0.5) is 11.4 Å². The number of fused-ring (bicyclic) bond motifs is 1. The van der Waals surface area contributed by atoms with Crippen LogP contribution in [0.2, 0.25) is 0 Å². The summed E-state index contributed by atoms with van der Waals surface area (Å²) in [5.74, 6) is -1.03. The molecule has 0 saturated carbocycles. The van der Waals surface area contributed by atoms with Crippen molar-refractivity contribution in [3.63, 3.8) is 0 Å². The van der Waals surface area contributed by atoms with Gasteiger partial charge in [0.15, 0.2) is 0 Å². The van der Waals surface area contributed by atoms with Crippen LogP contribution in [-0.2, 0) is 25.5 Å². The molecule has 7 heteroatoms. The summed E-state index contributed by atoms with van der Waals surface area (Å²) < 4.78 is 4.99. The van der Waals surface area contributed by atoms with Gasteiger partial charge in [-0.05, 0) is 44.4 Å². The molecule has 0 aromatic heterocycles. The van der Waals surface area contributed by atoms with Crippen molar-refractivity contribution in [2.75, 3.05) is 23.4 Å². The van der Waals surface area contributed by atoms with Crippen molar-refractivity contribution in [2.24, 2.45) is 0 Å². The molecule has 168 valence electrons. The number of nitrogens with zero attached hydrogens (tertiary/aromatic N) is 1. The molecule has 2 N–H and O–H groups in total. The lowest BCUT2D eigenvalue weighted by Gasteiger charge is -2.23. The summed E-state index contributed by atoms with van der Waals surface area (Å²) in [5.41, 5.74) is 2.88. The van der Waals surface area contributed by atoms with Gasteiger partial charge in [0.1, 0.15) is 6.54 Å². The van der Waals surface area contributed by atoms with E-state index in [0.29, 0.717) is 17.1 Å². The fourth-order valence-electron chi connectivity index (χ4n) is 3.56. The second-order valence-corrected chi connectivity index (χ2v) is 7.71. The molecule has 0 saturated heterocycles. The first-order valence-corrected chi connectivity index (χ1v) is 10.8. The van der Waals surface area contributed by atoms with Crippen molar-refractivity contribution in [3.8, 4) is 0 Å². The first kappa shape index (κ1) is 23.1. The van der Waals surface area contributed by atoms with Crippen LogP contribution >= 0.6 is 0 Å². The summed E-state index contributed by atoms with van der Waals surface area (Å²) in [6.45, 7) is 3.84. The van der Waals surface area contributed by atoms with Gasteiger partial charge >= 0.3 is 5.97 Å². The third kappa shape index (κ3) is 6.44. The number of carbonyl (C=O) groups is 3. The van der Waals surface area contributed by atoms with Gasteiger partial charge in [-0.25, -0.2) is 0 Å². The predicted octanol–water partition coefficient (Wildman–Crippen LogP) is 3.42. The van der Waals surface area contributed by atoms with Crippen LogP contribution in [0.5, 0.6) is 0 Å². The van der Waals surface area contributed by atoms with Crippen LogP contribution < -0.4 is 15.5 Å². The fraction of sp³-hybridized carbons (Fsp3) is 0.320. The van der Waals surface area contributed by atoms with Crippen LogP contribution in [0.25, 0.3) is 0 Å². The van der Waals surface area contributed by atoms with E-state index < -0.39 is 5.97 Å². The summed E-state index contributed by atoms with van der Waals surface area (Å²) in [4.78, 5) is 39.0. The van der Waals surface area contributed by atoms with Crippen molar-refractivity contribution in [1.29, 1.82) is 0 Å². The molecule has 0 aliphatic carbocycles. The van der Waals surface area contributed by atoms with Gasteiger partial charge in [-0.1, -0.05) is 42.5 Å². The van der Waals surface area contributed by atoms with Gasteiger partial charge < -0.3 is 15.4 Å². The first-order valence-electron chi connectivity index (χ1n) is 10.8. The van der Waals surface area contributed by atoms with E-state index in [0.717, 1.165) is 12.8 Å². The average molecular weight is 436 g/mol. The normalized spacial score (nSPS) is 13.9. The van der Waals surface area contributed by atoms with E-state index in [1.54, 1.807) is 25.1 Å². The van der Waals surface area contributed by atoms with E-state index in [1.807, 2.05) is 31.2 Å². The molecule has 2 aromatic carbocycles. The van der Waals surface area contributed by atoms with Crippen molar-refractivity contribution in [1.82, 2.24) is 5.32 Å². The second kappa shape index (κ2) is 11.1. The number of nitrogens with one attached hydrogen (secondary N) is 2. The van der Waals surface area contributed by atoms with E-state index in [1.165, 1.54) is 16.5 Å². The number of esters is 1. The van der Waals surface area contributed by atoms with Gasteiger partial charge in [-0.15, -0.1) is 0 Å². The highest BCUT2D eigenvalue weighted by Crippen LogP contribution is 2.30. The van der Waals surface area contributed by atoms with Gasteiger partial charge in [-0.2, -0.15) is 0 Å². The summed E-state index contributed by atoms with van der Waals surface area (Å²) in [7, 11) is 0. The maximum absolute atomic E-state index is 12.9. The van der Waals surface area contributed by atoms with E-state index in [9.17, 15) is 14.4 Å². The fourth-order valence-corrected chi connectivity index (χ4v) is 3.56. The highest BCUT2D eigenvalue weighted by Gasteiger charge is 2.25. The van der Waals surface area contributed by atoms with Crippen molar-refractivity contribution >= 4 is 29.2 Å². The Morgan fingerprint density at radius 3 is 2.56 bits per heavy atom. The quantitative estimate of drug-likeness (QED) is 0.590. The Hall–Kier alpha value is -3.61. The summed E-state index contributed by atoms with van der Waals surface area (Å²) in [5, 5.41) is 6.11. The van der Waals surface area contributed by atoms with Crippen molar-refractivity contribution < 1.29 is 19.1 Å². The van der Waals surface area contributed by atoms with Gasteiger partial charge in [0.25, 0.3) is 5.91 Å². The molecule has 2 amide bonds. The molecular formula is C25H29N3O4. The number of carbonyl (C=O) groups excluding carboxylic acids is 3. The number of hydrogen-bond acceptors (Lipinski definition) is 5. The lowest BCUT2D eigenvalue weighted by Crippen LogP contribution is -2.43. The molecule has 1 heterocycles. The van der Waals surface area contributed by atoms with Crippen molar-refractivity contribution in [3.05, 3.63) is 71.9 Å². The minimum absolute atomic E-state index is 0.0342. The standard InChI is InChI=1S/C25H29N3O4/c1-3-32-25(31)16-20-15-24(30)28(22-12-8-7-11-21(22)27-20)17-23(29)26-18(2)13-14-19-9-5-4-6-10-19/h4-12,15,18,27H,3,13-14,16-17H2,1-2H3,(H,26,29)/t18-/m1/s1. The topological polar surface area (TPSA) is 87.7 Å². The third-order valence-electron chi connectivity index (χ3n) is 5.11. The molecule has 7 nitrogen and oxygen atoms in total. The molecule has 32 heavy (non-hydrogen) atoms. The molecule has 1 aliphatic rings. The Kier molecular flexibility index (Phi) is 8.02. The molecule has 0 radical (unpaired) electrons. The largest absolute Gasteiger partial charge is 0.466 e. The molecule has 0 unspecified atom stereocenters. The summed E-state index contributed by atoms with van der Waals surface area (Å²) in [6.07, 6.45) is 2.95. The molecule has 0 fully saturated rings. The van der Waals surface area contributed by atoms with E-state index in [-0.39, 0.29) is 37.4 Å².